The van der Waals surface area contributed by atoms with Gasteiger partial charge in [-0.25, -0.2) is 0 Å². The van der Waals surface area contributed by atoms with Gasteiger partial charge in [-0.15, -0.1) is 11.6 Å². The van der Waals surface area contributed by atoms with E-state index in [9.17, 15) is 9.59 Å². The van der Waals surface area contributed by atoms with Crippen LogP contribution in [0.15, 0.2) is 46.9 Å². The number of carbonyl (C=O) groups is 2. The number of halogens is 1. The van der Waals surface area contributed by atoms with Gasteiger partial charge in [0.25, 0.3) is 11.8 Å². The molecular weight excluding hydrogens is 356 g/mol. The second-order valence-corrected chi connectivity index (χ2v) is 5.79. The fourth-order valence-corrected chi connectivity index (χ4v) is 2.81. The van der Waals surface area contributed by atoms with E-state index in [1.807, 2.05) is 13.0 Å². The van der Waals surface area contributed by atoms with E-state index < -0.39 is 11.8 Å². The molecule has 0 bridgehead atoms. The number of hydrogen-bond donors (Lipinski definition) is 2. The van der Waals surface area contributed by atoms with Gasteiger partial charge >= 0.3 is 0 Å². The molecule has 3 rings (SSSR count). The zero-order valence-corrected chi connectivity index (χ0v) is 14.8. The zero-order valence-electron chi connectivity index (χ0n) is 14.0. The van der Waals surface area contributed by atoms with Gasteiger partial charge in [-0.1, -0.05) is 18.2 Å². The van der Waals surface area contributed by atoms with Crippen molar-refractivity contribution in [1.29, 1.82) is 0 Å². The molecule has 3 N–H and O–H groups in total. The molecule has 6 nitrogen and oxygen atoms in total. The molecule has 0 aliphatic heterocycles. The fourth-order valence-electron chi connectivity index (χ4n) is 2.64. The molecule has 7 heteroatoms. The Morgan fingerprint density at radius 3 is 2.69 bits per heavy atom. The van der Waals surface area contributed by atoms with Crippen LogP contribution in [0.1, 0.15) is 33.4 Å². The number of hydrogen-bond acceptors (Lipinski definition) is 4. The van der Waals surface area contributed by atoms with Crippen molar-refractivity contribution in [3.63, 3.8) is 0 Å². The Bertz CT molecular complexity index is 981. The maximum Gasteiger partial charge on any atom is 0.286 e. The molecule has 0 radical (unpaired) electrons. The first-order valence-electron chi connectivity index (χ1n) is 7.99. The topological polar surface area (TPSA) is 94.6 Å². The number of para-hydroxylation sites is 1. The maximum absolute atomic E-state index is 12.6. The lowest BCUT2D eigenvalue weighted by atomic mass is 10.1. The predicted molar refractivity (Wildman–Crippen MR) is 99.9 cm³/mol. The fraction of sp³-hybridized carbons (Fsp3) is 0.158. The van der Waals surface area contributed by atoms with E-state index in [0.29, 0.717) is 34.8 Å². The Labute approximate surface area is 154 Å². The third kappa shape index (κ3) is 3.36. The highest BCUT2D eigenvalue weighted by Crippen LogP contribution is 2.36. The molecule has 0 atom stereocenters. The second kappa shape index (κ2) is 7.49. The van der Waals surface area contributed by atoms with Crippen LogP contribution in [-0.2, 0) is 5.88 Å². The Kier molecular flexibility index (Phi) is 5.14. The van der Waals surface area contributed by atoms with E-state index in [0.717, 1.165) is 5.56 Å². The van der Waals surface area contributed by atoms with Crippen LogP contribution < -0.4 is 15.8 Å². The van der Waals surface area contributed by atoms with Crippen molar-refractivity contribution in [2.45, 2.75) is 12.8 Å². The van der Waals surface area contributed by atoms with Crippen LogP contribution >= 0.6 is 11.6 Å². The van der Waals surface area contributed by atoms with Crippen molar-refractivity contribution in [3.8, 4) is 5.75 Å². The quantitative estimate of drug-likeness (QED) is 0.641. The molecule has 0 unspecified atom stereocenters. The Balaban J connectivity index is 2.05. The third-order valence-electron chi connectivity index (χ3n) is 3.79. The lowest BCUT2D eigenvalue weighted by Crippen LogP contribution is -2.17. The zero-order chi connectivity index (χ0) is 18.7. The molecule has 1 heterocycles. The Morgan fingerprint density at radius 2 is 2.00 bits per heavy atom. The number of amides is 2. The van der Waals surface area contributed by atoms with Gasteiger partial charge in [-0.3, -0.25) is 9.59 Å². The summed E-state index contributed by atoms with van der Waals surface area (Å²) in [5.74, 6) is -0.552. The van der Waals surface area contributed by atoms with Gasteiger partial charge in [0.05, 0.1) is 6.61 Å². The first-order chi connectivity index (χ1) is 12.5. The summed E-state index contributed by atoms with van der Waals surface area (Å²) < 4.78 is 11.1. The van der Waals surface area contributed by atoms with Crippen LogP contribution in [0.4, 0.5) is 5.69 Å². The summed E-state index contributed by atoms with van der Waals surface area (Å²) in [4.78, 5) is 24.4. The largest absolute Gasteiger partial charge is 0.490 e. The summed E-state index contributed by atoms with van der Waals surface area (Å²) >= 11 is 5.82. The summed E-state index contributed by atoms with van der Waals surface area (Å²) in [6, 6.07) is 12.1. The molecule has 0 aliphatic rings. The number of alkyl halides is 1. The van der Waals surface area contributed by atoms with Crippen molar-refractivity contribution in [1.82, 2.24) is 0 Å². The Hall–Kier alpha value is -2.99. The molecule has 134 valence electrons. The number of ether oxygens (including phenoxy) is 1. The highest BCUT2D eigenvalue weighted by molar-refractivity contribution is 6.17. The molecule has 2 aromatic carbocycles. The number of rotatable bonds is 6. The summed E-state index contributed by atoms with van der Waals surface area (Å²) in [6.45, 7) is 2.27. The molecule has 26 heavy (non-hydrogen) atoms. The monoisotopic (exact) mass is 372 g/mol. The van der Waals surface area contributed by atoms with Gasteiger partial charge in [0.15, 0.2) is 11.3 Å². The van der Waals surface area contributed by atoms with Crippen LogP contribution in [0.5, 0.6) is 5.75 Å². The molecule has 0 saturated carbocycles. The van der Waals surface area contributed by atoms with Gasteiger partial charge in [0.1, 0.15) is 5.69 Å². The minimum atomic E-state index is -0.784. The highest BCUT2D eigenvalue weighted by Gasteiger charge is 2.23. The number of nitrogens with one attached hydrogen (secondary N) is 1. The lowest BCUT2D eigenvalue weighted by Gasteiger charge is -2.06. The van der Waals surface area contributed by atoms with E-state index >= 15 is 0 Å². The molecule has 1 aromatic heterocycles. The second-order valence-electron chi connectivity index (χ2n) is 5.52. The maximum atomic E-state index is 12.6. The third-order valence-corrected chi connectivity index (χ3v) is 4.09. The number of furan rings is 1. The number of anilines is 1. The van der Waals surface area contributed by atoms with Crippen LogP contribution in [-0.4, -0.2) is 18.4 Å². The molecule has 0 saturated heterocycles. The predicted octanol–water partition coefficient (Wildman–Crippen LogP) is 3.92. The van der Waals surface area contributed by atoms with Crippen LogP contribution in [0.25, 0.3) is 11.0 Å². The van der Waals surface area contributed by atoms with Crippen LogP contribution in [0.2, 0.25) is 0 Å². The van der Waals surface area contributed by atoms with E-state index in [1.165, 1.54) is 0 Å². The Morgan fingerprint density at radius 1 is 1.23 bits per heavy atom. The van der Waals surface area contributed by atoms with E-state index in [1.54, 1.807) is 36.4 Å². The minimum absolute atomic E-state index is 0.131. The number of fused-ring (bicyclic) bond motifs is 1. The van der Waals surface area contributed by atoms with E-state index in [2.05, 4.69) is 5.32 Å². The van der Waals surface area contributed by atoms with Crippen LogP contribution in [0.3, 0.4) is 0 Å². The normalized spacial score (nSPS) is 10.7. The smallest absolute Gasteiger partial charge is 0.286 e. The van der Waals surface area contributed by atoms with Gasteiger partial charge < -0.3 is 20.2 Å². The standard InChI is InChI=1S/C19H17ClN2O4/c1-2-25-14-8-4-7-13-15(17(18(21)23)26-16(13)14)22-19(24)12-6-3-5-11(9-12)10-20/h3-9H,2,10H2,1H3,(H2,21,23)(H,22,24). The van der Waals surface area contributed by atoms with Crippen molar-refractivity contribution < 1.29 is 18.7 Å². The molecule has 2 amide bonds. The molecular formula is C19H17ClN2O4. The first kappa shape index (κ1) is 17.8. The van der Waals surface area contributed by atoms with Gasteiger partial charge in [0, 0.05) is 16.8 Å². The number of nitrogens with two attached hydrogens (primary N) is 1. The lowest BCUT2D eigenvalue weighted by molar-refractivity contribution is 0.0977. The van der Waals surface area contributed by atoms with Crippen LogP contribution in [0, 0.1) is 0 Å². The molecule has 0 spiro atoms. The summed E-state index contributed by atoms with van der Waals surface area (Å²) in [5, 5.41) is 3.25. The number of benzene rings is 2. The SMILES string of the molecule is CCOc1cccc2c(NC(=O)c3cccc(CCl)c3)c(C(N)=O)oc12. The first-order valence-corrected chi connectivity index (χ1v) is 8.53. The summed E-state index contributed by atoms with van der Waals surface area (Å²) in [6.07, 6.45) is 0. The molecule has 0 aliphatic carbocycles. The average Bonchev–Trinajstić information content (AvgIpc) is 3.02. The summed E-state index contributed by atoms with van der Waals surface area (Å²) in [5.41, 5.74) is 7.21. The van der Waals surface area contributed by atoms with Gasteiger partial charge in [-0.05, 0) is 36.8 Å². The van der Waals surface area contributed by atoms with Gasteiger partial charge in [0.2, 0.25) is 5.76 Å². The van der Waals surface area contributed by atoms with Crippen molar-refractivity contribution in [2.75, 3.05) is 11.9 Å². The van der Waals surface area contributed by atoms with E-state index in [4.69, 9.17) is 26.5 Å². The highest BCUT2D eigenvalue weighted by atomic mass is 35.5. The molecule has 3 aromatic rings. The van der Waals surface area contributed by atoms with Crippen molar-refractivity contribution in [3.05, 3.63) is 59.4 Å². The summed E-state index contributed by atoms with van der Waals surface area (Å²) in [7, 11) is 0. The average molecular weight is 373 g/mol. The molecule has 0 fully saturated rings. The number of primary amides is 1. The van der Waals surface area contributed by atoms with Gasteiger partial charge in [-0.2, -0.15) is 0 Å². The van der Waals surface area contributed by atoms with E-state index in [-0.39, 0.29) is 11.4 Å². The number of carbonyl (C=O) groups excluding carboxylic acids is 2. The van der Waals surface area contributed by atoms with Crippen molar-refractivity contribution >= 4 is 40.1 Å². The minimum Gasteiger partial charge on any atom is -0.490 e. The van der Waals surface area contributed by atoms with Crippen molar-refractivity contribution in [2.24, 2.45) is 5.73 Å².